The first-order valence-corrected chi connectivity index (χ1v) is 11.0. The van der Waals surface area contributed by atoms with Crippen LogP contribution in [0.4, 0.5) is 10.1 Å². The maximum Gasteiger partial charge on any atom is 0.241 e. The van der Waals surface area contributed by atoms with E-state index in [1.807, 2.05) is 6.07 Å². The average molecular weight is 547 g/mol. The number of primary amides is 1. The fraction of sp³-hybridized carbons (Fsp3) is 0.0455. The molecule has 4 rings (SSSR count). The molecule has 0 radical (unpaired) electrons. The SMILES string of the molecule is NC(=O)C(C(=O)Nc1ccccc1)c1ccc(Oc2ccnc3cc(I)sc23)c(F)c1. The van der Waals surface area contributed by atoms with Crippen molar-refractivity contribution in [2.75, 3.05) is 5.32 Å². The predicted molar refractivity (Wildman–Crippen MR) is 126 cm³/mol. The molecule has 0 spiro atoms. The molecule has 0 saturated heterocycles. The molecule has 31 heavy (non-hydrogen) atoms. The fourth-order valence-corrected chi connectivity index (χ4v) is 4.79. The maximum absolute atomic E-state index is 14.8. The van der Waals surface area contributed by atoms with Gasteiger partial charge >= 0.3 is 0 Å². The summed E-state index contributed by atoms with van der Waals surface area (Å²) in [6.45, 7) is 0. The number of fused-ring (bicyclic) bond motifs is 1. The highest BCUT2D eigenvalue weighted by molar-refractivity contribution is 14.1. The van der Waals surface area contributed by atoms with Gasteiger partial charge < -0.3 is 15.8 Å². The normalized spacial score (nSPS) is 11.8. The Morgan fingerprint density at radius 2 is 1.87 bits per heavy atom. The van der Waals surface area contributed by atoms with Crippen LogP contribution in [-0.2, 0) is 9.59 Å². The first-order chi connectivity index (χ1) is 14.9. The van der Waals surface area contributed by atoms with Crippen LogP contribution in [0.15, 0.2) is 66.9 Å². The van der Waals surface area contributed by atoms with E-state index in [1.54, 1.807) is 42.6 Å². The van der Waals surface area contributed by atoms with Crippen molar-refractivity contribution in [3.8, 4) is 11.5 Å². The molecule has 1 atom stereocenters. The molecule has 0 fully saturated rings. The monoisotopic (exact) mass is 547 g/mol. The third-order valence-corrected chi connectivity index (χ3v) is 6.34. The Bertz CT molecular complexity index is 1280. The number of amides is 2. The van der Waals surface area contributed by atoms with Crippen LogP contribution in [-0.4, -0.2) is 16.8 Å². The Hall–Kier alpha value is -3.05. The lowest BCUT2D eigenvalue weighted by Crippen LogP contribution is -2.32. The quantitative estimate of drug-likeness (QED) is 0.261. The molecule has 0 saturated carbocycles. The average Bonchev–Trinajstić information content (AvgIpc) is 3.11. The van der Waals surface area contributed by atoms with Crippen molar-refractivity contribution < 1.29 is 18.7 Å². The number of anilines is 1. The lowest BCUT2D eigenvalue weighted by molar-refractivity contribution is -0.127. The van der Waals surface area contributed by atoms with Crippen molar-refractivity contribution in [2.24, 2.45) is 5.73 Å². The third kappa shape index (κ3) is 4.67. The number of carbonyl (C=O) groups is 2. The minimum atomic E-state index is -1.35. The van der Waals surface area contributed by atoms with Gasteiger partial charge in [-0.05, 0) is 58.5 Å². The number of hydrogen-bond donors (Lipinski definition) is 2. The summed E-state index contributed by atoms with van der Waals surface area (Å²) in [6.07, 6.45) is 1.59. The summed E-state index contributed by atoms with van der Waals surface area (Å²) in [7, 11) is 0. The fourth-order valence-electron chi connectivity index (χ4n) is 3.04. The number of nitrogens with two attached hydrogens (primary N) is 1. The van der Waals surface area contributed by atoms with Gasteiger partial charge in [0.25, 0.3) is 0 Å². The van der Waals surface area contributed by atoms with Crippen LogP contribution in [0, 0.1) is 8.70 Å². The molecule has 2 aromatic heterocycles. The number of pyridine rings is 1. The second-order valence-electron chi connectivity index (χ2n) is 6.56. The summed E-state index contributed by atoms with van der Waals surface area (Å²) in [5.74, 6) is -3.16. The van der Waals surface area contributed by atoms with Crippen molar-refractivity contribution in [3.05, 3.63) is 81.1 Å². The van der Waals surface area contributed by atoms with E-state index in [9.17, 15) is 14.0 Å². The highest BCUT2D eigenvalue weighted by atomic mass is 127. The minimum absolute atomic E-state index is 0.0358. The Labute approximate surface area is 194 Å². The topological polar surface area (TPSA) is 94.3 Å². The number of nitrogens with zero attached hydrogens (tertiary/aromatic N) is 1. The van der Waals surface area contributed by atoms with Crippen molar-refractivity contribution in [1.82, 2.24) is 4.98 Å². The zero-order valence-electron chi connectivity index (χ0n) is 15.8. The number of para-hydroxylation sites is 1. The number of ether oxygens (including phenoxy) is 1. The van der Waals surface area contributed by atoms with Gasteiger partial charge in [0, 0.05) is 18.0 Å². The lowest BCUT2D eigenvalue weighted by atomic mass is 9.97. The van der Waals surface area contributed by atoms with Gasteiger partial charge in [-0.25, -0.2) is 4.39 Å². The van der Waals surface area contributed by atoms with Gasteiger partial charge in [-0.15, -0.1) is 11.3 Å². The molecule has 1 unspecified atom stereocenters. The molecule has 156 valence electrons. The smallest absolute Gasteiger partial charge is 0.241 e. The molecule has 0 aliphatic carbocycles. The number of aromatic nitrogens is 1. The molecular weight excluding hydrogens is 532 g/mol. The Balaban J connectivity index is 1.60. The van der Waals surface area contributed by atoms with Crippen molar-refractivity contribution >= 4 is 61.6 Å². The zero-order chi connectivity index (χ0) is 22.0. The molecule has 0 bridgehead atoms. The summed E-state index contributed by atoms with van der Waals surface area (Å²) >= 11 is 3.67. The van der Waals surface area contributed by atoms with E-state index in [0.717, 1.165) is 19.2 Å². The molecule has 3 N–H and O–H groups in total. The highest BCUT2D eigenvalue weighted by Crippen LogP contribution is 2.36. The van der Waals surface area contributed by atoms with Crippen molar-refractivity contribution in [2.45, 2.75) is 5.92 Å². The Kier molecular flexibility index (Phi) is 6.14. The van der Waals surface area contributed by atoms with Gasteiger partial charge in [-0.1, -0.05) is 24.3 Å². The number of thiophene rings is 1. The number of halogens is 2. The molecule has 2 amide bonds. The summed E-state index contributed by atoms with van der Waals surface area (Å²) in [5, 5.41) is 2.62. The first kappa shape index (κ1) is 21.2. The molecule has 0 aliphatic heterocycles. The van der Waals surface area contributed by atoms with Gasteiger partial charge in [0.2, 0.25) is 11.8 Å². The van der Waals surface area contributed by atoms with Gasteiger partial charge in [0.15, 0.2) is 11.6 Å². The van der Waals surface area contributed by atoms with Crippen LogP contribution in [0.2, 0.25) is 0 Å². The number of carbonyl (C=O) groups excluding carboxylic acids is 2. The van der Waals surface area contributed by atoms with Gasteiger partial charge in [0.05, 0.1) is 13.1 Å². The standard InChI is InChI=1S/C22H15FIN3O3S/c23-14-10-12(19(21(25)28)22(29)27-13-4-2-1-3-5-13)6-7-16(14)30-17-8-9-26-15-11-18(24)31-20(15)17/h1-11,19H,(H2,25,28)(H,27,29). The number of benzene rings is 2. The molecule has 9 heteroatoms. The molecule has 4 aromatic rings. The zero-order valence-corrected chi connectivity index (χ0v) is 18.8. The van der Waals surface area contributed by atoms with E-state index in [2.05, 4.69) is 32.9 Å². The predicted octanol–water partition coefficient (Wildman–Crippen LogP) is 5.04. The van der Waals surface area contributed by atoms with E-state index in [1.165, 1.54) is 23.5 Å². The molecule has 2 aromatic carbocycles. The Morgan fingerprint density at radius 3 is 2.58 bits per heavy atom. The second-order valence-corrected chi connectivity index (χ2v) is 9.50. The first-order valence-electron chi connectivity index (χ1n) is 9.09. The summed E-state index contributed by atoms with van der Waals surface area (Å²) in [4.78, 5) is 28.9. The minimum Gasteiger partial charge on any atom is -0.453 e. The van der Waals surface area contributed by atoms with Crippen LogP contribution in [0.25, 0.3) is 10.2 Å². The molecule has 6 nitrogen and oxygen atoms in total. The third-order valence-electron chi connectivity index (χ3n) is 4.44. The van der Waals surface area contributed by atoms with E-state index in [0.29, 0.717) is 11.4 Å². The summed E-state index contributed by atoms with van der Waals surface area (Å²) < 4.78 is 22.4. The van der Waals surface area contributed by atoms with Crippen molar-refractivity contribution in [1.29, 1.82) is 0 Å². The van der Waals surface area contributed by atoms with E-state index >= 15 is 0 Å². The van der Waals surface area contributed by atoms with Crippen LogP contribution >= 0.6 is 33.9 Å². The lowest BCUT2D eigenvalue weighted by Gasteiger charge is -2.15. The number of nitrogens with one attached hydrogen (secondary N) is 1. The van der Waals surface area contributed by atoms with E-state index in [4.69, 9.17) is 10.5 Å². The van der Waals surface area contributed by atoms with Crippen molar-refractivity contribution in [3.63, 3.8) is 0 Å². The van der Waals surface area contributed by atoms with Crippen LogP contribution in [0.5, 0.6) is 11.5 Å². The second kappa shape index (κ2) is 8.98. The Morgan fingerprint density at radius 1 is 1.10 bits per heavy atom. The number of hydrogen-bond acceptors (Lipinski definition) is 5. The van der Waals surface area contributed by atoms with E-state index < -0.39 is 23.5 Å². The van der Waals surface area contributed by atoms with E-state index in [-0.39, 0.29) is 11.3 Å². The molecule has 2 heterocycles. The van der Waals surface area contributed by atoms with Gasteiger partial charge in [-0.2, -0.15) is 0 Å². The van der Waals surface area contributed by atoms with Gasteiger partial charge in [-0.3, -0.25) is 14.6 Å². The van der Waals surface area contributed by atoms with Crippen LogP contribution in [0.3, 0.4) is 0 Å². The number of rotatable bonds is 6. The molecular formula is C22H15FIN3O3S. The maximum atomic E-state index is 14.8. The summed E-state index contributed by atoms with van der Waals surface area (Å²) in [5.41, 5.74) is 6.84. The van der Waals surface area contributed by atoms with Crippen LogP contribution in [0.1, 0.15) is 11.5 Å². The summed E-state index contributed by atoms with van der Waals surface area (Å²) in [6, 6.07) is 16.1. The van der Waals surface area contributed by atoms with Crippen LogP contribution < -0.4 is 15.8 Å². The van der Waals surface area contributed by atoms with Gasteiger partial charge in [0.1, 0.15) is 11.7 Å². The molecule has 0 aliphatic rings. The highest BCUT2D eigenvalue weighted by Gasteiger charge is 2.27. The largest absolute Gasteiger partial charge is 0.453 e.